The number of benzene rings is 2. The van der Waals surface area contributed by atoms with E-state index >= 15 is 0 Å². The number of hydrogen-bond donors (Lipinski definition) is 2. The second-order valence-electron chi connectivity index (χ2n) is 7.42. The fourth-order valence-corrected chi connectivity index (χ4v) is 4.06. The first-order valence-corrected chi connectivity index (χ1v) is 11.9. The van der Waals surface area contributed by atoms with Crippen LogP contribution in [0.1, 0.15) is 25.2 Å². The highest BCUT2D eigenvalue weighted by atomic mass is 32.2. The Morgan fingerprint density at radius 2 is 1.74 bits per heavy atom. The first-order chi connectivity index (χ1) is 16.8. The third-order valence-electron chi connectivity index (χ3n) is 4.90. The van der Waals surface area contributed by atoms with Crippen molar-refractivity contribution in [1.29, 1.82) is 0 Å². The lowest BCUT2D eigenvalue weighted by Gasteiger charge is -2.09. The molecule has 1 heterocycles. The molecule has 2 amide bonds. The summed E-state index contributed by atoms with van der Waals surface area (Å²) in [5.41, 5.74) is 1.44. The number of nitrogens with one attached hydrogen (secondary N) is 2. The lowest BCUT2D eigenvalue weighted by atomic mass is 10.2. The van der Waals surface area contributed by atoms with Gasteiger partial charge in [0.05, 0.1) is 23.7 Å². The molecule has 12 heteroatoms. The number of rotatable bonds is 11. The maximum absolute atomic E-state index is 12.5. The van der Waals surface area contributed by atoms with Crippen LogP contribution in [-0.4, -0.2) is 43.9 Å². The van der Waals surface area contributed by atoms with Crippen molar-refractivity contribution in [1.82, 2.24) is 14.8 Å². The Morgan fingerprint density at radius 1 is 1.06 bits per heavy atom. The van der Waals surface area contributed by atoms with E-state index in [-0.39, 0.29) is 29.7 Å². The van der Waals surface area contributed by atoms with Crippen molar-refractivity contribution in [2.24, 2.45) is 0 Å². The van der Waals surface area contributed by atoms with Gasteiger partial charge in [0.25, 0.3) is 5.69 Å². The van der Waals surface area contributed by atoms with E-state index in [0.717, 1.165) is 5.75 Å². The van der Waals surface area contributed by atoms with Crippen molar-refractivity contribution in [3.8, 4) is 5.75 Å². The molecular formula is C23H26N6O5S. The van der Waals surface area contributed by atoms with Gasteiger partial charge in [-0.2, -0.15) is 0 Å². The Labute approximate surface area is 206 Å². The minimum atomic E-state index is -0.489. The molecule has 0 bridgehead atoms. The number of anilines is 2. The number of nitro groups is 1. The number of nitrogens with zero attached hydrogens (tertiary/aromatic N) is 4. The summed E-state index contributed by atoms with van der Waals surface area (Å²) in [6.45, 7) is 6.51. The summed E-state index contributed by atoms with van der Waals surface area (Å²) < 4.78 is 7.17. The van der Waals surface area contributed by atoms with Crippen molar-refractivity contribution in [2.75, 3.05) is 23.0 Å². The number of nitro benzene ring substituents is 1. The molecule has 0 radical (unpaired) electrons. The van der Waals surface area contributed by atoms with Crippen LogP contribution in [0.3, 0.4) is 0 Å². The summed E-state index contributed by atoms with van der Waals surface area (Å²) in [5.74, 6) is 0.647. The van der Waals surface area contributed by atoms with Gasteiger partial charge in [-0.15, -0.1) is 10.2 Å². The first kappa shape index (κ1) is 25.7. The fraction of sp³-hybridized carbons (Fsp3) is 0.304. The number of aryl methyl sites for hydroxylation is 1. The molecule has 0 spiro atoms. The third kappa shape index (κ3) is 7.03. The first-order valence-electron chi connectivity index (χ1n) is 10.9. The van der Waals surface area contributed by atoms with Gasteiger partial charge in [0.2, 0.25) is 11.8 Å². The molecular weight excluding hydrogens is 472 g/mol. The zero-order valence-corrected chi connectivity index (χ0v) is 20.4. The average molecular weight is 499 g/mol. The number of carbonyl (C=O) groups is 2. The van der Waals surface area contributed by atoms with Gasteiger partial charge in [0.1, 0.15) is 11.6 Å². The fourth-order valence-electron chi connectivity index (χ4n) is 3.24. The average Bonchev–Trinajstić information content (AvgIpc) is 3.21. The number of carbonyl (C=O) groups excluding carboxylic acids is 2. The lowest BCUT2D eigenvalue weighted by Crippen LogP contribution is -2.18. The smallest absolute Gasteiger partial charge is 0.274 e. The van der Waals surface area contributed by atoms with E-state index in [0.29, 0.717) is 41.1 Å². The maximum Gasteiger partial charge on any atom is 0.274 e. The number of amides is 2. The van der Waals surface area contributed by atoms with Gasteiger partial charge in [-0.3, -0.25) is 19.7 Å². The van der Waals surface area contributed by atoms with Crippen molar-refractivity contribution < 1.29 is 19.2 Å². The number of aromatic nitrogens is 3. The number of ether oxygens (including phenoxy) is 1. The Kier molecular flexibility index (Phi) is 8.79. The van der Waals surface area contributed by atoms with E-state index in [9.17, 15) is 19.7 Å². The zero-order valence-electron chi connectivity index (χ0n) is 19.6. The van der Waals surface area contributed by atoms with Gasteiger partial charge < -0.3 is 19.9 Å². The van der Waals surface area contributed by atoms with E-state index < -0.39 is 4.92 Å². The van der Waals surface area contributed by atoms with Crippen LogP contribution < -0.4 is 15.4 Å². The lowest BCUT2D eigenvalue weighted by molar-refractivity contribution is -0.385. The molecule has 184 valence electrons. The Bertz CT molecular complexity index is 1210. The molecule has 1 aromatic heterocycles. The van der Waals surface area contributed by atoms with E-state index in [1.807, 2.05) is 13.8 Å². The van der Waals surface area contributed by atoms with Crippen LogP contribution in [0.15, 0.2) is 47.6 Å². The molecule has 0 aliphatic rings. The summed E-state index contributed by atoms with van der Waals surface area (Å²) in [7, 11) is 0. The van der Waals surface area contributed by atoms with E-state index in [4.69, 9.17) is 4.74 Å². The second-order valence-corrected chi connectivity index (χ2v) is 8.36. The maximum atomic E-state index is 12.5. The highest BCUT2D eigenvalue weighted by Gasteiger charge is 2.17. The molecule has 0 aliphatic carbocycles. The Hall–Kier alpha value is -3.93. The molecule has 0 saturated carbocycles. The van der Waals surface area contributed by atoms with Crippen LogP contribution in [0, 0.1) is 17.0 Å². The molecule has 0 aliphatic heterocycles. The molecule has 0 saturated heterocycles. The number of thioether (sulfide) groups is 1. The van der Waals surface area contributed by atoms with Crippen LogP contribution in [-0.2, 0) is 22.6 Å². The minimum Gasteiger partial charge on any atom is -0.494 e. The molecule has 3 aromatic rings. The predicted octanol–water partition coefficient (Wildman–Crippen LogP) is 3.83. The molecule has 2 N–H and O–H groups in total. The number of hydrogen-bond acceptors (Lipinski definition) is 8. The van der Waals surface area contributed by atoms with Crippen LogP contribution in [0.2, 0.25) is 0 Å². The highest BCUT2D eigenvalue weighted by Crippen LogP contribution is 2.23. The Morgan fingerprint density at radius 3 is 2.40 bits per heavy atom. The predicted molar refractivity (Wildman–Crippen MR) is 133 cm³/mol. The zero-order chi connectivity index (χ0) is 25.4. The summed E-state index contributed by atoms with van der Waals surface area (Å²) in [5, 5.41) is 25.3. The molecule has 3 rings (SSSR count). The normalized spacial score (nSPS) is 10.6. The van der Waals surface area contributed by atoms with Gasteiger partial charge in [-0.25, -0.2) is 0 Å². The molecule has 0 fully saturated rings. The van der Waals surface area contributed by atoms with Gasteiger partial charge in [-0.1, -0.05) is 17.8 Å². The van der Waals surface area contributed by atoms with E-state index in [1.165, 1.54) is 17.8 Å². The van der Waals surface area contributed by atoms with Gasteiger partial charge in [-0.05, 0) is 51.1 Å². The summed E-state index contributed by atoms with van der Waals surface area (Å²) in [6.07, 6.45) is 0.0217. The second kappa shape index (κ2) is 12.0. The third-order valence-corrected chi connectivity index (χ3v) is 5.87. The van der Waals surface area contributed by atoms with Crippen molar-refractivity contribution in [2.45, 2.75) is 38.9 Å². The Balaban J connectivity index is 1.57. The largest absolute Gasteiger partial charge is 0.494 e. The highest BCUT2D eigenvalue weighted by molar-refractivity contribution is 7.99. The molecule has 0 unspecified atom stereocenters. The van der Waals surface area contributed by atoms with Gasteiger partial charge in [0, 0.05) is 29.5 Å². The molecule has 0 atom stereocenters. The molecule has 2 aromatic carbocycles. The van der Waals surface area contributed by atoms with Crippen molar-refractivity contribution in [3.05, 3.63) is 64.0 Å². The summed E-state index contributed by atoms with van der Waals surface area (Å²) >= 11 is 1.17. The van der Waals surface area contributed by atoms with Crippen molar-refractivity contribution in [3.63, 3.8) is 0 Å². The van der Waals surface area contributed by atoms with Gasteiger partial charge >= 0.3 is 0 Å². The standard InChI is InChI=1S/C23H26N6O5S/c1-4-28-20(13-21(30)24-16-8-10-18(11-9-16)34-5-2)26-27-23(28)35-14-22(31)25-17-7-6-15(3)19(12-17)29(32)33/h6-12H,4-5,13-14H2,1-3H3,(H,24,30)(H,25,31). The van der Waals surface area contributed by atoms with E-state index in [2.05, 4.69) is 20.8 Å². The minimum absolute atomic E-state index is 0.0217. The van der Waals surface area contributed by atoms with Crippen LogP contribution in [0.4, 0.5) is 17.1 Å². The quantitative estimate of drug-likeness (QED) is 0.231. The van der Waals surface area contributed by atoms with E-state index in [1.54, 1.807) is 47.9 Å². The summed E-state index contributed by atoms with van der Waals surface area (Å²) in [6, 6.07) is 11.6. The molecule has 11 nitrogen and oxygen atoms in total. The van der Waals surface area contributed by atoms with Crippen LogP contribution in [0.5, 0.6) is 5.75 Å². The molecule has 35 heavy (non-hydrogen) atoms. The summed E-state index contributed by atoms with van der Waals surface area (Å²) in [4.78, 5) is 35.5. The van der Waals surface area contributed by atoms with Crippen LogP contribution in [0.25, 0.3) is 0 Å². The van der Waals surface area contributed by atoms with Crippen LogP contribution >= 0.6 is 11.8 Å². The monoisotopic (exact) mass is 498 g/mol. The van der Waals surface area contributed by atoms with Crippen molar-refractivity contribution >= 4 is 40.6 Å². The topological polar surface area (TPSA) is 141 Å². The van der Waals surface area contributed by atoms with Gasteiger partial charge in [0.15, 0.2) is 5.16 Å². The SMILES string of the molecule is CCOc1ccc(NC(=O)Cc2nnc(SCC(=O)Nc3ccc(C)c([N+](=O)[O-])c3)n2CC)cc1.